The van der Waals surface area contributed by atoms with Gasteiger partial charge in [-0.3, -0.25) is 14.2 Å². The third-order valence-electron chi connectivity index (χ3n) is 5.59. The summed E-state index contributed by atoms with van der Waals surface area (Å²) in [5, 5.41) is 0. The van der Waals surface area contributed by atoms with Crippen molar-refractivity contribution in [1.82, 2.24) is 19.3 Å². The number of carbonyl (C=O) groups is 1. The molecule has 0 bridgehead atoms. The number of fused-ring (bicyclic) bond motifs is 1. The molecular formula is C25H22N4O2. The van der Waals surface area contributed by atoms with Gasteiger partial charge in [-0.1, -0.05) is 24.8 Å². The Bertz CT molecular complexity index is 1230. The molecule has 6 heteroatoms. The highest BCUT2D eigenvalue weighted by Gasteiger charge is 2.32. The van der Waals surface area contributed by atoms with E-state index in [0.29, 0.717) is 0 Å². The van der Waals surface area contributed by atoms with Gasteiger partial charge in [-0.15, -0.1) is 0 Å². The number of hydrogen-bond acceptors (Lipinski definition) is 4. The molecule has 1 atom stereocenters. The van der Waals surface area contributed by atoms with Crippen LogP contribution in [0.3, 0.4) is 0 Å². The molecule has 1 aliphatic rings. The zero-order valence-corrected chi connectivity index (χ0v) is 17.0. The van der Waals surface area contributed by atoms with E-state index in [1.54, 1.807) is 6.20 Å². The Labute approximate surface area is 180 Å². The maximum Gasteiger partial charge on any atom is 0.246 e. The molecule has 4 aromatic rings. The van der Waals surface area contributed by atoms with Gasteiger partial charge >= 0.3 is 0 Å². The fourth-order valence-electron chi connectivity index (χ4n) is 4.13. The summed E-state index contributed by atoms with van der Waals surface area (Å²) in [4.78, 5) is 23.5. The summed E-state index contributed by atoms with van der Waals surface area (Å²) >= 11 is 0. The van der Waals surface area contributed by atoms with Crippen LogP contribution in [0.2, 0.25) is 0 Å². The summed E-state index contributed by atoms with van der Waals surface area (Å²) in [5.74, 6) is 2.35. The molecule has 0 radical (unpaired) electrons. The second kappa shape index (κ2) is 8.07. The predicted octanol–water partition coefficient (Wildman–Crippen LogP) is 5.04. The normalized spacial score (nSPS) is 15.9. The molecule has 5 rings (SSSR count). The number of ether oxygens (including phenoxy) is 1. The van der Waals surface area contributed by atoms with Crippen molar-refractivity contribution < 1.29 is 9.53 Å². The first-order chi connectivity index (χ1) is 15.2. The number of hydrogen-bond donors (Lipinski definition) is 0. The average molecular weight is 410 g/mol. The quantitative estimate of drug-likeness (QED) is 0.433. The molecule has 1 amide bonds. The van der Waals surface area contributed by atoms with Gasteiger partial charge in [-0.05, 0) is 55.3 Å². The predicted molar refractivity (Wildman–Crippen MR) is 119 cm³/mol. The first-order valence-corrected chi connectivity index (χ1v) is 10.3. The minimum atomic E-state index is -0.0742. The second-order valence-electron chi connectivity index (χ2n) is 7.48. The Morgan fingerprint density at radius 3 is 2.65 bits per heavy atom. The number of nitrogens with zero attached hydrogens (tertiary/aromatic N) is 4. The van der Waals surface area contributed by atoms with Crippen LogP contribution in [0.15, 0.2) is 85.8 Å². The Balaban J connectivity index is 1.51. The minimum absolute atomic E-state index is 0.0581. The van der Waals surface area contributed by atoms with Gasteiger partial charge in [0.1, 0.15) is 17.3 Å². The van der Waals surface area contributed by atoms with Crippen LogP contribution in [0.25, 0.3) is 16.8 Å². The number of imidazole rings is 1. The highest BCUT2D eigenvalue weighted by Crippen LogP contribution is 2.35. The summed E-state index contributed by atoms with van der Waals surface area (Å²) in [6, 6.07) is 17.5. The number of amides is 1. The molecule has 0 N–H and O–H groups in total. The lowest BCUT2D eigenvalue weighted by atomic mass is 10.1. The van der Waals surface area contributed by atoms with E-state index in [9.17, 15) is 4.79 Å². The lowest BCUT2D eigenvalue weighted by molar-refractivity contribution is -0.127. The Morgan fingerprint density at radius 2 is 1.87 bits per heavy atom. The van der Waals surface area contributed by atoms with E-state index >= 15 is 0 Å². The van der Waals surface area contributed by atoms with Crippen molar-refractivity contribution in [2.24, 2.45) is 0 Å². The van der Waals surface area contributed by atoms with Crippen LogP contribution in [-0.4, -0.2) is 31.7 Å². The molecule has 0 aliphatic carbocycles. The minimum Gasteiger partial charge on any atom is -0.457 e. The van der Waals surface area contributed by atoms with E-state index in [1.807, 2.05) is 76.3 Å². The van der Waals surface area contributed by atoms with E-state index in [4.69, 9.17) is 9.72 Å². The topological polar surface area (TPSA) is 59.7 Å². The molecule has 0 spiro atoms. The van der Waals surface area contributed by atoms with Crippen molar-refractivity contribution in [3.05, 3.63) is 91.7 Å². The monoisotopic (exact) mass is 410 g/mol. The third-order valence-corrected chi connectivity index (χ3v) is 5.59. The van der Waals surface area contributed by atoms with Crippen LogP contribution in [-0.2, 0) is 4.79 Å². The molecule has 154 valence electrons. The van der Waals surface area contributed by atoms with Crippen LogP contribution < -0.4 is 4.74 Å². The van der Waals surface area contributed by atoms with Crippen molar-refractivity contribution in [3.8, 4) is 22.8 Å². The zero-order valence-electron chi connectivity index (χ0n) is 17.0. The fraction of sp³-hybridized carbons (Fsp3) is 0.160. The number of para-hydroxylation sites is 1. The first kappa shape index (κ1) is 19.1. The largest absolute Gasteiger partial charge is 0.457 e. The van der Waals surface area contributed by atoms with Crippen LogP contribution >= 0.6 is 0 Å². The summed E-state index contributed by atoms with van der Waals surface area (Å²) < 4.78 is 7.94. The standard InChI is InChI=1S/C25H22N4O2/c1-2-23(30)28-15-6-9-21(28)25-27-24(22-17-26-14-16-29(22)25)18-10-12-20(13-11-18)31-19-7-4-3-5-8-19/h2-5,7-8,10-14,16-17,21H,1,6,9,15H2/t21-/m0/s1. The van der Waals surface area contributed by atoms with E-state index in [1.165, 1.54) is 6.08 Å². The molecule has 6 nitrogen and oxygen atoms in total. The van der Waals surface area contributed by atoms with Gasteiger partial charge < -0.3 is 9.64 Å². The van der Waals surface area contributed by atoms with Crippen molar-refractivity contribution in [2.75, 3.05) is 6.54 Å². The van der Waals surface area contributed by atoms with Gasteiger partial charge in [-0.25, -0.2) is 4.98 Å². The number of benzene rings is 2. The molecule has 1 fully saturated rings. The summed E-state index contributed by atoms with van der Waals surface area (Å²) in [5.41, 5.74) is 2.72. The van der Waals surface area contributed by atoms with Crippen molar-refractivity contribution in [3.63, 3.8) is 0 Å². The first-order valence-electron chi connectivity index (χ1n) is 10.3. The molecule has 1 saturated heterocycles. The van der Waals surface area contributed by atoms with E-state index in [0.717, 1.165) is 53.5 Å². The highest BCUT2D eigenvalue weighted by molar-refractivity contribution is 5.87. The van der Waals surface area contributed by atoms with Gasteiger partial charge in [0.15, 0.2) is 0 Å². The van der Waals surface area contributed by atoms with E-state index in [2.05, 4.69) is 11.6 Å². The molecule has 2 aromatic carbocycles. The van der Waals surface area contributed by atoms with Gasteiger partial charge in [0.2, 0.25) is 5.91 Å². The molecule has 3 heterocycles. The lowest BCUT2D eigenvalue weighted by Gasteiger charge is -2.22. The van der Waals surface area contributed by atoms with Gasteiger partial charge in [0.25, 0.3) is 0 Å². The van der Waals surface area contributed by atoms with Gasteiger partial charge in [-0.2, -0.15) is 0 Å². The van der Waals surface area contributed by atoms with E-state index in [-0.39, 0.29) is 11.9 Å². The Kier molecular flexibility index (Phi) is 4.96. The van der Waals surface area contributed by atoms with Crippen LogP contribution in [0.5, 0.6) is 11.5 Å². The van der Waals surface area contributed by atoms with Crippen LogP contribution in [0.1, 0.15) is 24.7 Å². The second-order valence-corrected chi connectivity index (χ2v) is 7.48. The number of rotatable bonds is 5. The maximum absolute atomic E-state index is 12.3. The SMILES string of the molecule is C=CC(=O)N1CCC[C@H]1c1nc(-c2ccc(Oc3ccccc3)cc2)c2cnccn12. The van der Waals surface area contributed by atoms with E-state index < -0.39 is 0 Å². The summed E-state index contributed by atoms with van der Waals surface area (Å²) in [6.45, 7) is 4.36. The highest BCUT2D eigenvalue weighted by atomic mass is 16.5. The van der Waals surface area contributed by atoms with Gasteiger partial charge in [0, 0.05) is 24.5 Å². The van der Waals surface area contributed by atoms with Crippen LogP contribution in [0, 0.1) is 0 Å². The number of carbonyl (C=O) groups excluding carboxylic acids is 1. The molecule has 2 aromatic heterocycles. The fourth-order valence-corrected chi connectivity index (χ4v) is 4.13. The number of likely N-dealkylation sites (tertiary alicyclic amines) is 1. The Morgan fingerprint density at radius 1 is 1.10 bits per heavy atom. The molecule has 0 unspecified atom stereocenters. The lowest BCUT2D eigenvalue weighted by Crippen LogP contribution is -2.29. The number of aromatic nitrogens is 3. The average Bonchev–Trinajstić information content (AvgIpc) is 3.45. The zero-order chi connectivity index (χ0) is 21.2. The van der Waals surface area contributed by atoms with Crippen molar-refractivity contribution in [2.45, 2.75) is 18.9 Å². The van der Waals surface area contributed by atoms with Crippen molar-refractivity contribution >= 4 is 11.4 Å². The van der Waals surface area contributed by atoms with Gasteiger partial charge in [0.05, 0.1) is 23.4 Å². The van der Waals surface area contributed by atoms with Crippen LogP contribution in [0.4, 0.5) is 0 Å². The third kappa shape index (κ3) is 3.57. The Hall–Kier alpha value is -3.93. The summed E-state index contributed by atoms with van der Waals surface area (Å²) in [6.07, 6.45) is 8.67. The molecule has 31 heavy (non-hydrogen) atoms. The summed E-state index contributed by atoms with van der Waals surface area (Å²) in [7, 11) is 0. The molecule has 1 aliphatic heterocycles. The molecule has 0 saturated carbocycles. The smallest absolute Gasteiger partial charge is 0.246 e. The van der Waals surface area contributed by atoms with Crippen molar-refractivity contribution in [1.29, 1.82) is 0 Å². The maximum atomic E-state index is 12.3. The molecular weight excluding hydrogens is 388 g/mol.